The lowest BCUT2D eigenvalue weighted by molar-refractivity contribution is -0.112. The smallest absolute Gasteiger partial charge is 0.335 e. The van der Waals surface area contributed by atoms with Crippen LogP contribution in [0.4, 0.5) is 5.69 Å². The Morgan fingerprint density at radius 3 is 2.54 bits per heavy atom. The first-order chi connectivity index (χ1) is 11.6. The third-order valence-electron chi connectivity index (χ3n) is 3.13. The van der Waals surface area contributed by atoms with Crippen molar-refractivity contribution in [2.24, 2.45) is 0 Å². The van der Waals surface area contributed by atoms with Gasteiger partial charge in [0.2, 0.25) is 0 Å². The lowest BCUT2D eigenvalue weighted by Gasteiger charge is -2.06. The average Bonchev–Trinajstić information content (AvgIpc) is 2.59. The van der Waals surface area contributed by atoms with Crippen molar-refractivity contribution >= 4 is 17.6 Å². The van der Waals surface area contributed by atoms with E-state index in [2.05, 4.69) is 10.6 Å². The molecule has 0 saturated carbocycles. The van der Waals surface area contributed by atoms with Crippen LogP contribution in [-0.4, -0.2) is 17.0 Å². The molecule has 0 heterocycles. The number of rotatable bonds is 6. The molecule has 1 amide bonds. The molecular formula is C18H15N3O3. The normalized spacial score (nSPS) is 10.5. The number of amides is 1. The molecular weight excluding hydrogens is 306 g/mol. The van der Waals surface area contributed by atoms with Crippen molar-refractivity contribution in [1.29, 1.82) is 5.26 Å². The molecule has 0 atom stereocenters. The van der Waals surface area contributed by atoms with E-state index in [9.17, 15) is 9.59 Å². The summed E-state index contributed by atoms with van der Waals surface area (Å²) >= 11 is 0. The number of nitrogens with zero attached hydrogens (tertiary/aromatic N) is 1. The number of benzene rings is 2. The molecule has 120 valence electrons. The van der Waals surface area contributed by atoms with Gasteiger partial charge >= 0.3 is 5.97 Å². The van der Waals surface area contributed by atoms with Crippen LogP contribution >= 0.6 is 0 Å². The molecule has 6 heteroatoms. The van der Waals surface area contributed by atoms with E-state index < -0.39 is 11.9 Å². The highest BCUT2D eigenvalue weighted by Gasteiger charge is 2.10. The third-order valence-corrected chi connectivity index (χ3v) is 3.13. The predicted molar refractivity (Wildman–Crippen MR) is 89.0 cm³/mol. The molecule has 2 rings (SSSR count). The molecule has 0 unspecified atom stereocenters. The van der Waals surface area contributed by atoms with Gasteiger partial charge in [0, 0.05) is 18.4 Å². The lowest BCUT2D eigenvalue weighted by Crippen LogP contribution is -2.17. The average molecular weight is 321 g/mol. The molecule has 0 radical (unpaired) electrons. The summed E-state index contributed by atoms with van der Waals surface area (Å²) in [4.78, 5) is 23.0. The van der Waals surface area contributed by atoms with E-state index in [0.29, 0.717) is 12.2 Å². The maximum Gasteiger partial charge on any atom is 0.335 e. The Morgan fingerprint density at radius 2 is 1.88 bits per heavy atom. The molecule has 0 bridgehead atoms. The number of carboxylic acids is 1. The van der Waals surface area contributed by atoms with Crippen molar-refractivity contribution in [2.45, 2.75) is 6.54 Å². The minimum absolute atomic E-state index is 0.0532. The third kappa shape index (κ3) is 4.71. The van der Waals surface area contributed by atoms with Crippen molar-refractivity contribution < 1.29 is 14.7 Å². The van der Waals surface area contributed by atoms with Crippen molar-refractivity contribution in [3.8, 4) is 6.07 Å². The highest BCUT2D eigenvalue weighted by atomic mass is 16.4. The van der Waals surface area contributed by atoms with Gasteiger partial charge in [-0.3, -0.25) is 4.79 Å². The Kier molecular flexibility index (Phi) is 5.70. The van der Waals surface area contributed by atoms with Crippen molar-refractivity contribution in [1.82, 2.24) is 5.32 Å². The summed E-state index contributed by atoms with van der Waals surface area (Å²) < 4.78 is 0. The molecule has 0 aromatic heterocycles. The topological polar surface area (TPSA) is 102 Å². The maximum absolute atomic E-state index is 12.1. The lowest BCUT2D eigenvalue weighted by atomic mass is 10.2. The van der Waals surface area contributed by atoms with Gasteiger partial charge in [-0.1, -0.05) is 36.4 Å². The van der Waals surface area contributed by atoms with E-state index >= 15 is 0 Å². The van der Waals surface area contributed by atoms with Crippen LogP contribution in [0.1, 0.15) is 15.9 Å². The highest BCUT2D eigenvalue weighted by Crippen LogP contribution is 2.11. The fourth-order valence-electron chi connectivity index (χ4n) is 1.94. The van der Waals surface area contributed by atoms with Gasteiger partial charge in [0.05, 0.1) is 5.56 Å². The Morgan fingerprint density at radius 1 is 1.12 bits per heavy atom. The number of carbonyl (C=O) groups excluding carboxylic acids is 1. The van der Waals surface area contributed by atoms with E-state index in [4.69, 9.17) is 10.4 Å². The highest BCUT2D eigenvalue weighted by molar-refractivity contribution is 6.06. The summed E-state index contributed by atoms with van der Waals surface area (Å²) in [6, 6.07) is 17.2. The zero-order valence-corrected chi connectivity index (χ0v) is 12.7. The number of hydrogen-bond acceptors (Lipinski definition) is 4. The van der Waals surface area contributed by atoms with Crippen molar-refractivity contribution in [2.75, 3.05) is 5.32 Å². The second kappa shape index (κ2) is 8.15. The number of hydrogen-bond donors (Lipinski definition) is 3. The number of aromatic carboxylic acids is 1. The summed E-state index contributed by atoms with van der Waals surface area (Å²) in [6.07, 6.45) is 1.34. The minimum atomic E-state index is -1.09. The Bertz CT molecular complexity index is 808. The van der Waals surface area contributed by atoms with Gasteiger partial charge in [0.25, 0.3) is 5.91 Å². The van der Waals surface area contributed by atoms with Crippen LogP contribution < -0.4 is 10.6 Å². The van der Waals surface area contributed by atoms with Gasteiger partial charge in [-0.2, -0.15) is 5.26 Å². The number of anilines is 1. The first-order valence-corrected chi connectivity index (χ1v) is 7.12. The first kappa shape index (κ1) is 16.8. The van der Waals surface area contributed by atoms with Crippen LogP contribution in [0.25, 0.3) is 0 Å². The van der Waals surface area contributed by atoms with Crippen LogP contribution in [0.15, 0.2) is 66.4 Å². The summed E-state index contributed by atoms with van der Waals surface area (Å²) in [5.74, 6) is -1.70. The summed E-state index contributed by atoms with van der Waals surface area (Å²) in [5.41, 5.74) is 1.27. The molecule has 0 aliphatic rings. The fraction of sp³-hybridized carbons (Fsp3) is 0.0556. The standard InChI is InChI=1S/C18H15N3O3/c19-10-15(12-20-11-13-5-2-1-3-6-13)17(22)21-16-8-4-7-14(9-16)18(23)24/h1-9,12,20H,11H2,(H,21,22)(H,23,24)/b15-12-. The molecule has 0 spiro atoms. The largest absolute Gasteiger partial charge is 0.478 e. The fourth-order valence-corrected chi connectivity index (χ4v) is 1.94. The summed E-state index contributed by atoms with van der Waals surface area (Å²) in [6.45, 7) is 0.480. The Labute approximate surface area is 139 Å². The van der Waals surface area contributed by atoms with Crippen LogP contribution in [0.5, 0.6) is 0 Å². The monoisotopic (exact) mass is 321 g/mol. The second-order valence-corrected chi connectivity index (χ2v) is 4.88. The molecule has 3 N–H and O–H groups in total. The molecule has 0 aliphatic heterocycles. The zero-order chi connectivity index (χ0) is 17.4. The first-order valence-electron chi connectivity index (χ1n) is 7.12. The van der Waals surface area contributed by atoms with Crippen molar-refractivity contribution in [3.63, 3.8) is 0 Å². The second-order valence-electron chi connectivity index (χ2n) is 4.88. The minimum Gasteiger partial charge on any atom is -0.478 e. The van der Waals surface area contributed by atoms with E-state index in [-0.39, 0.29) is 11.1 Å². The van der Waals surface area contributed by atoms with E-state index in [1.165, 1.54) is 24.4 Å². The van der Waals surface area contributed by atoms with Gasteiger partial charge in [-0.05, 0) is 23.8 Å². The molecule has 0 saturated heterocycles. The predicted octanol–water partition coefficient (Wildman–Crippen LogP) is 2.52. The number of carboxylic acid groups (broad SMARTS) is 1. The van der Waals surface area contributed by atoms with E-state index in [0.717, 1.165) is 5.56 Å². The molecule has 6 nitrogen and oxygen atoms in total. The number of carbonyl (C=O) groups is 2. The van der Waals surface area contributed by atoms with E-state index in [1.54, 1.807) is 6.07 Å². The maximum atomic E-state index is 12.1. The molecule has 2 aromatic carbocycles. The molecule has 0 fully saturated rings. The van der Waals surface area contributed by atoms with E-state index in [1.807, 2.05) is 36.4 Å². The van der Waals surface area contributed by atoms with Crippen LogP contribution in [0, 0.1) is 11.3 Å². The Balaban J connectivity index is 2.01. The van der Waals surface area contributed by atoms with Gasteiger partial charge in [-0.25, -0.2) is 4.79 Å². The van der Waals surface area contributed by atoms with Crippen LogP contribution in [-0.2, 0) is 11.3 Å². The van der Waals surface area contributed by atoms with Crippen LogP contribution in [0.2, 0.25) is 0 Å². The zero-order valence-electron chi connectivity index (χ0n) is 12.7. The van der Waals surface area contributed by atoms with Gasteiger partial charge < -0.3 is 15.7 Å². The summed E-state index contributed by atoms with van der Waals surface area (Å²) in [5, 5.41) is 23.5. The summed E-state index contributed by atoms with van der Waals surface area (Å²) in [7, 11) is 0. The van der Waals surface area contributed by atoms with Gasteiger partial charge in [-0.15, -0.1) is 0 Å². The van der Waals surface area contributed by atoms with Gasteiger partial charge in [0.15, 0.2) is 0 Å². The van der Waals surface area contributed by atoms with Crippen molar-refractivity contribution in [3.05, 3.63) is 77.5 Å². The Hall–Kier alpha value is -3.59. The number of nitrogens with one attached hydrogen (secondary N) is 2. The SMILES string of the molecule is N#C/C(=C/NCc1ccccc1)C(=O)Nc1cccc(C(=O)O)c1. The number of nitriles is 1. The van der Waals surface area contributed by atoms with Gasteiger partial charge in [0.1, 0.15) is 11.6 Å². The van der Waals surface area contributed by atoms with Crippen LogP contribution in [0.3, 0.4) is 0 Å². The quantitative estimate of drug-likeness (QED) is 0.560. The molecule has 2 aromatic rings. The molecule has 0 aliphatic carbocycles. The molecule has 24 heavy (non-hydrogen) atoms.